The molecule has 1 saturated carbocycles. The van der Waals surface area contributed by atoms with Crippen molar-refractivity contribution in [1.29, 1.82) is 0 Å². The molecule has 0 atom stereocenters. The number of anilines is 1. The molecule has 6 nitrogen and oxygen atoms in total. The van der Waals surface area contributed by atoms with E-state index in [4.69, 9.17) is 16.0 Å². The molecular formula is C23H32ClN3O3. The van der Waals surface area contributed by atoms with E-state index in [1.807, 2.05) is 32.9 Å². The molecular weight excluding hydrogens is 402 g/mol. The number of carbonyl (C=O) groups is 1. The van der Waals surface area contributed by atoms with Crippen LogP contribution in [-0.4, -0.2) is 40.7 Å². The van der Waals surface area contributed by atoms with E-state index in [1.54, 1.807) is 0 Å². The molecule has 7 heteroatoms. The number of hydrogen-bond donors (Lipinski definition) is 2. The molecule has 2 aliphatic rings. The normalized spacial score (nSPS) is 23.7. The summed E-state index contributed by atoms with van der Waals surface area (Å²) >= 11 is 6.19. The molecule has 4 rings (SSSR count). The number of hydrogen-bond acceptors (Lipinski definition) is 5. The Morgan fingerprint density at radius 2 is 1.87 bits per heavy atom. The molecule has 2 N–H and O–H groups in total. The van der Waals surface area contributed by atoms with E-state index in [1.165, 1.54) is 0 Å². The van der Waals surface area contributed by atoms with Crippen molar-refractivity contribution in [3.8, 4) is 0 Å². The van der Waals surface area contributed by atoms with Gasteiger partial charge in [-0.15, -0.1) is 0 Å². The van der Waals surface area contributed by atoms with Gasteiger partial charge in [0.1, 0.15) is 5.52 Å². The van der Waals surface area contributed by atoms with Crippen LogP contribution in [0.3, 0.4) is 0 Å². The van der Waals surface area contributed by atoms with E-state index in [0.29, 0.717) is 17.0 Å². The fourth-order valence-corrected chi connectivity index (χ4v) is 4.93. The van der Waals surface area contributed by atoms with Gasteiger partial charge in [0.15, 0.2) is 5.58 Å². The number of nitrogens with one attached hydrogen (secondary N) is 1. The summed E-state index contributed by atoms with van der Waals surface area (Å²) in [7, 11) is 0. The standard InChI is InChI=1S/C23H32ClN3O3/c1-14-12-20-19(13-18(14)24)26-22(30-20)27-10-8-15(9-11-27)21(28)25-17-6-4-16(5-7-17)23(2,3)29/h12-13,15-17,29H,4-11H2,1-3H3,(H,25,28). The van der Waals surface area contributed by atoms with Crippen molar-refractivity contribution in [3.05, 3.63) is 22.7 Å². The van der Waals surface area contributed by atoms with Crippen LogP contribution in [0.15, 0.2) is 16.5 Å². The van der Waals surface area contributed by atoms with Crippen LogP contribution < -0.4 is 10.2 Å². The minimum atomic E-state index is -0.628. The fraction of sp³-hybridized carbons (Fsp3) is 0.652. The lowest BCUT2D eigenvalue weighted by molar-refractivity contribution is -0.126. The summed E-state index contributed by atoms with van der Waals surface area (Å²) in [6, 6.07) is 4.60. The maximum Gasteiger partial charge on any atom is 0.298 e. The second-order valence-electron chi connectivity index (χ2n) is 9.54. The topological polar surface area (TPSA) is 78.6 Å². The van der Waals surface area contributed by atoms with E-state index in [9.17, 15) is 9.90 Å². The number of fused-ring (bicyclic) bond motifs is 1. The summed E-state index contributed by atoms with van der Waals surface area (Å²) in [6.45, 7) is 7.23. The van der Waals surface area contributed by atoms with Gasteiger partial charge in [-0.25, -0.2) is 0 Å². The molecule has 0 spiro atoms. The second kappa shape index (κ2) is 8.39. The molecule has 1 amide bonds. The molecule has 30 heavy (non-hydrogen) atoms. The van der Waals surface area contributed by atoms with Crippen molar-refractivity contribution in [2.45, 2.75) is 70.9 Å². The van der Waals surface area contributed by atoms with Gasteiger partial charge in [0.05, 0.1) is 5.60 Å². The number of aromatic nitrogens is 1. The first kappa shape index (κ1) is 21.4. The number of carbonyl (C=O) groups excluding carboxylic acids is 1. The first-order valence-corrected chi connectivity index (χ1v) is 11.4. The number of aliphatic hydroxyl groups is 1. The van der Waals surface area contributed by atoms with E-state index in [-0.39, 0.29) is 17.9 Å². The summed E-state index contributed by atoms with van der Waals surface area (Å²) in [5.41, 5.74) is 1.85. The number of benzene rings is 1. The van der Waals surface area contributed by atoms with Gasteiger partial charge < -0.3 is 19.7 Å². The number of aryl methyl sites for hydroxylation is 1. The Bertz CT molecular complexity index is 865. The zero-order chi connectivity index (χ0) is 21.5. The summed E-state index contributed by atoms with van der Waals surface area (Å²) in [6.07, 6.45) is 5.42. The van der Waals surface area contributed by atoms with Gasteiger partial charge in [-0.3, -0.25) is 4.79 Å². The average molecular weight is 434 g/mol. The molecule has 0 radical (unpaired) electrons. The Hall–Kier alpha value is -1.79. The molecule has 164 valence electrons. The van der Waals surface area contributed by atoms with Gasteiger partial charge in [-0.05, 0) is 82.9 Å². The van der Waals surface area contributed by atoms with Crippen LogP contribution in [0.2, 0.25) is 5.02 Å². The highest BCUT2D eigenvalue weighted by molar-refractivity contribution is 6.32. The van der Waals surface area contributed by atoms with Crippen LogP contribution in [0.1, 0.15) is 57.9 Å². The van der Waals surface area contributed by atoms with E-state index >= 15 is 0 Å². The number of amides is 1. The van der Waals surface area contributed by atoms with Crippen LogP contribution in [0.4, 0.5) is 6.01 Å². The summed E-state index contributed by atoms with van der Waals surface area (Å²) < 4.78 is 5.93. The lowest BCUT2D eigenvalue weighted by atomic mass is 9.77. The molecule has 2 heterocycles. The first-order chi connectivity index (χ1) is 14.2. The molecule has 1 aliphatic carbocycles. The van der Waals surface area contributed by atoms with Gasteiger partial charge in [0.25, 0.3) is 6.01 Å². The molecule has 1 aliphatic heterocycles. The van der Waals surface area contributed by atoms with Crippen LogP contribution in [-0.2, 0) is 4.79 Å². The van der Waals surface area contributed by atoms with Gasteiger partial charge >= 0.3 is 0 Å². The predicted octanol–water partition coefficient (Wildman–Crippen LogP) is 4.45. The highest BCUT2D eigenvalue weighted by atomic mass is 35.5. The van der Waals surface area contributed by atoms with E-state index in [2.05, 4.69) is 15.2 Å². The smallest absolute Gasteiger partial charge is 0.298 e. The first-order valence-electron chi connectivity index (χ1n) is 11.0. The van der Waals surface area contributed by atoms with E-state index in [0.717, 1.165) is 68.3 Å². The van der Waals surface area contributed by atoms with Crippen molar-refractivity contribution < 1.29 is 14.3 Å². The molecule has 0 unspecified atom stereocenters. The highest BCUT2D eigenvalue weighted by Crippen LogP contribution is 2.33. The van der Waals surface area contributed by atoms with Gasteiger partial charge in [0.2, 0.25) is 5.91 Å². The Morgan fingerprint density at radius 3 is 2.50 bits per heavy atom. The van der Waals surface area contributed by atoms with Crippen LogP contribution in [0.25, 0.3) is 11.1 Å². The third-order valence-electron chi connectivity index (χ3n) is 6.87. The third-order valence-corrected chi connectivity index (χ3v) is 7.27. The largest absolute Gasteiger partial charge is 0.423 e. The Labute approximate surface area is 183 Å². The van der Waals surface area contributed by atoms with Gasteiger partial charge in [0, 0.05) is 30.1 Å². The molecule has 1 aromatic heterocycles. The van der Waals surface area contributed by atoms with Crippen LogP contribution >= 0.6 is 11.6 Å². The zero-order valence-electron chi connectivity index (χ0n) is 18.1. The predicted molar refractivity (Wildman–Crippen MR) is 119 cm³/mol. The summed E-state index contributed by atoms with van der Waals surface area (Å²) in [4.78, 5) is 19.5. The highest BCUT2D eigenvalue weighted by Gasteiger charge is 2.33. The molecule has 0 bridgehead atoms. The minimum Gasteiger partial charge on any atom is -0.423 e. The maximum atomic E-state index is 12.8. The lowest BCUT2D eigenvalue weighted by Gasteiger charge is -2.37. The maximum absolute atomic E-state index is 12.8. The van der Waals surface area contributed by atoms with Crippen molar-refractivity contribution in [2.75, 3.05) is 18.0 Å². The number of rotatable bonds is 4. The van der Waals surface area contributed by atoms with Crippen molar-refractivity contribution in [3.63, 3.8) is 0 Å². The van der Waals surface area contributed by atoms with Crippen molar-refractivity contribution in [1.82, 2.24) is 10.3 Å². The number of halogens is 1. The minimum absolute atomic E-state index is 0.0364. The monoisotopic (exact) mass is 433 g/mol. The SMILES string of the molecule is Cc1cc2oc(N3CCC(C(=O)NC4CCC(C(C)(C)O)CC4)CC3)nc2cc1Cl. The van der Waals surface area contributed by atoms with Gasteiger partial charge in [-0.1, -0.05) is 11.6 Å². The lowest BCUT2D eigenvalue weighted by Crippen LogP contribution is -2.46. The number of oxazole rings is 1. The number of piperidine rings is 1. The quantitative estimate of drug-likeness (QED) is 0.744. The summed E-state index contributed by atoms with van der Waals surface area (Å²) in [5.74, 6) is 0.527. The number of nitrogens with zero attached hydrogens (tertiary/aromatic N) is 2. The summed E-state index contributed by atoms with van der Waals surface area (Å²) in [5, 5.41) is 14.1. The van der Waals surface area contributed by atoms with Gasteiger partial charge in [-0.2, -0.15) is 4.98 Å². The van der Waals surface area contributed by atoms with Crippen molar-refractivity contribution in [2.24, 2.45) is 11.8 Å². The molecule has 2 aromatic rings. The van der Waals surface area contributed by atoms with Crippen molar-refractivity contribution >= 4 is 34.6 Å². The van der Waals surface area contributed by atoms with E-state index < -0.39 is 5.60 Å². The molecule has 1 aromatic carbocycles. The average Bonchev–Trinajstić information content (AvgIpc) is 3.11. The Morgan fingerprint density at radius 1 is 1.20 bits per heavy atom. The molecule has 2 fully saturated rings. The Kier molecular flexibility index (Phi) is 5.99. The van der Waals surface area contributed by atoms with Crippen LogP contribution in [0.5, 0.6) is 0 Å². The Balaban J connectivity index is 1.29. The third kappa shape index (κ3) is 4.59. The second-order valence-corrected chi connectivity index (χ2v) is 9.94. The zero-order valence-corrected chi connectivity index (χ0v) is 18.8. The van der Waals surface area contributed by atoms with Crippen LogP contribution in [0, 0.1) is 18.8 Å². The fourth-order valence-electron chi connectivity index (χ4n) is 4.77. The molecule has 1 saturated heterocycles.